The molecule has 0 aliphatic heterocycles. The SMILES string of the molecule is Cc1cccc(N=CNCCc2ccc(NC(=N)c3cccs3)cc2)c1.O=C(O)/C=C/C(=O)O.O=C(O)/C=C/C(=O)O. The zero-order valence-corrected chi connectivity index (χ0v) is 23.2. The van der Waals surface area contributed by atoms with Crippen LogP contribution in [0.1, 0.15) is 16.0 Å². The lowest BCUT2D eigenvalue weighted by Gasteiger charge is -2.07. The fraction of sp³-hybridized carbons (Fsp3) is 0.103. The second-order valence-electron chi connectivity index (χ2n) is 8.00. The molecule has 12 nitrogen and oxygen atoms in total. The number of benzene rings is 2. The lowest BCUT2D eigenvalue weighted by Crippen LogP contribution is -2.14. The third kappa shape index (κ3) is 17.1. The number of amidine groups is 1. The Morgan fingerprint density at radius 3 is 1.88 bits per heavy atom. The normalized spacial score (nSPS) is 10.3. The number of rotatable bonds is 11. The molecule has 0 saturated heterocycles. The van der Waals surface area contributed by atoms with Crippen molar-refractivity contribution in [1.82, 2.24) is 5.32 Å². The van der Waals surface area contributed by atoms with Crippen LogP contribution in [0.2, 0.25) is 0 Å². The molecule has 220 valence electrons. The molecule has 1 aromatic heterocycles. The van der Waals surface area contributed by atoms with E-state index in [1.165, 1.54) is 11.1 Å². The van der Waals surface area contributed by atoms with Crippen LogP contribution >= 0.6 is 11.3 Å². The number of aliphatic carboxylic acids is 4. The van der Waals surface area contributed by atoms with Gasteiger partial charge >= 0.3 is 23.9 Å². The van der Waals surface area contributed by atoms with E-state index < -0.39 is 23.9 Å². The van der Waals surface area contributed by atoms with Crippen LogP contribution in [0.15, 0.2) is 95.3 Å². The molecule has 0 unspecified atom stereocenters. The van der Waals surface area contributed by atoms with E-state index in [1.54, 1.807) is 17.7 Å². The molecule has 0 spiro atoms. The number of hydrogen-bond donors (Lipinski definition) is 7. The van der Waals surface area contributed by atoms with Crippen molar-refractivity contribution in [3.63, 3.8) is 0 Å². The first kappa shape index (κ1) is 34.5. The van der Waals surface area contributed by atoms with Crippen molar-refractivity contribution < 1.29 is 39.6 Å². The highest BCUT2D eigenvalue weighted by atomic mass is 32.1. The molecule has 0 aliphatic rings. The summed E-state index contributed by atoms with van der Waals surface area (Å²) in [4.78, 5) is 43.6. The van der Waals surface area contributed by atoms with Crippen molar-refractivity contribution in [3.8, 4) is 0 Å². The van der Waals surface area contributed by atoms with Gasteiger partial charge in [-0.15, -0.1) is 11.3 Å². The number of nitrogens with zero attached hydrogens (tertiary/aromatic N) is 1. The van der Waals surface area contributed by atoms with E-state index in [4.69, 9.17) is 25.8 Å². The number of carboxylic acid groups (broad SMARTS) is 4. The van der Waals surface area contributed by atoms with Crippen LogP contribution in [0, 0.1) is 12.3 Å². The topological polar surface area (TPSA) is 209 Å². The van der Waals surface area contributed by atoms with Gasteiger partial charge in [0.05, 0.1) is 16.9 Å². The zero-order chi connectivity index (χ0) is 31.3. The number of aryl methyl sites for hydroxylation is 1. The van der Waals surface area contributed by atoms with Crippen molar-refractivity contribution in [1.29, 1.82) is 5.41 Å². The number of hydrogen-bond acceptors (Lipinski definition) is 7. The predicted octanol–water partition coefficient (Wildman–Crippen LogP) is 4.41. The summed E-state index contributed by atoms with van der Waals surface area (Å²) in [6.45, 7) is 2.89. The molecular formula is C29H30N4O8S. The lowest BCUT2D eigenvalue weighted by atomic mass is 10.1. The van der Waals surface area contributed by atoms with Crippen LogP contribution < -0.4 is 10.6 Å². The van der Waals surface area contributed by atoms with Gasteiger partial charge in [0.2, 0.25) is 0 Å². The molecule has 0 atom stereocenters. The number of thiophene rings is 1. The van der Waals surface area contributed by atoms with E-state index in [9.17, 15) is 19.2 Å². The zero-order valence-electron chi connectivity index (χ0n) is 22.4. The van der Waals surface area contributed by atoms with Gasteiger partial charge in [0.25, 0.3) is 0 Å². The van der Waals surface area contributed by atoms with Gasteiger partial charge in [-0.2, -0.15) is 0 Å². The van der Waals surface area contributed by atoms with Crippen LogP contribution in [0.5, 0.6) is 0 Å². The van der Waals surface area contributed by atoms with Crippen molar-refractivity contribution in [2.24, 2.45) is 4.99 Å². The van der Waals surface area contributed by atoms with Crippen molar-refractivity contribution in [3.05, 3.63) is 106 Å². The molecule has 0 bridgehead atoms. The summed E-state index contributed by atoms with van der Waals surface area (Å²) >= 11 is 1.56. The van der Waals surface area contributed by atoms with Gasteiger partial charge in [0, 0.05) is 36.5 Å². The highest BCUT2D eigenvalue weighted by Gasteiger charge is 2.02. The van der Waals surface area contributed by atoms with E-state index >= 15 is 0 Å². The summed E-state index contributed by atoms with van der Waals surface area (Å²) in [5.41, 5.74) is 4.34. The monoisotopic (exact) mass is 594 g/mol. The third-order valence-electron chi connectivity index (χ3n) is 4.59. The fourth-order valence-corrected chi connectivity index (χ4v) is 3.41. The predicted molar refractivity (Wildman–Crippen MR) is 161 cm³/mol. The van der Waals surface area contributed by atoms with Gasteiger partial charge in [-0.3, -0.25) is 5.41 Å². The first-order valence-electron chi connectivity index (χ1n) is 12.0. The summed E-state index contributed by atoms with van der Waals surface area (Å²) < 4.78 is 0. The number of nitrogens with one attached hydrogen (secondary N) is 3. The summed E-state index contributed by atoms with van der Waals surface area (Å²) in [6, 6.07) is 20.2. The Hall–Kier alpha value is -5.56. The van der Waals surface area contributed by atoms with Gasteiger partial charge in [0.1, 0.15) is 5.84 Å². The van der Waals surface area contributed by atoms with E-state index in [0.29, 0.717) is 30.1 Å². The molecule has 0 amide bonds. The molecule has 7 N–H and O–H groups in total. The van der Waals surface area contributed by atoms with Crippen LogP contribution in [0.4, 0.5) is 11.4 Å². The standard InChI is InChI=1S/C21H22N4S.2C4H4O4/c1-16-4-2-5-19(14-16)24-15-23-12-11-17-7-9-18(10-8-17)25-21(22)20-6-3-13-26-20;2*5-3(6)1-2-4(7)8/h2-10,13-15H,11-12H2,1H3,(H2,22,25)(H,23,24);2*1-2H,(H,5,6)(H,7,8)/b;2*2-1+. The summed E-state index contributed by atoms with van der Waals surface area (Å²) in [5.74, 6) is -4.60. The Bertz CT molecular complexity index is 1350. The quantitative estimate of drug-likeness (QED) is 0.0719. The average molecular weight is 595 g/mol. The van der Waals surface area contributed by atoms with Crippen molar-refractivity contribution in [2.75, 3.05) is 11.9 Å². The summed E-state index contributed by atoms with van der Waals surface area (Å²) in [5, 5.41) is 47.6. The minimum atomic E-state index is -1.26. The van der Waals surface area contributed by atoms with E-state index in [0.717, 1.165) is 29.2 Å². The molecule has 0 aliphatic carbocycles. The van der Waals surface area contributed by atoms with E-state index in [-0.39, 0.29) is 0 Å². The van der Waals surface area contributed by atoms with E-state index in [2.05, 4.69) is 46.8 Å². The Morgan fingerprint density at radius 2 is 1.40 bits per heavy atom. The Labute approximate surface area is 245 Å². The number of anilines is 1. The van der Waals surface area contributed by atoms with Gasteiger partial charge in [-0.05, 0) is 60.2 Å². The largest absolute Gasteiger partial charge is 0.478 e. The highest BCUT2D eigenvalue weighted by molar-refractivity contribution is 7.12. The maximum absolute atomic E-state index is 9.55. The second kappa shape index (κ2) is 19.5. The van der Waals surface area contributed by atoms with Gasteiger partial charge < -0.3 is 31.1 Å². The summed E-state index contributed by atoms with van der Waals surface area (Å²) in [7, 11) is 0. The highest BCUT2D eigenvalue weighted by Crippen LogP contribution is 2.15. The van der Waals surface area contributed by atoms with Crippen LogP contribution in [0.3, 0.4) is 0 Å². The van der Waals surface area contributed by atoms with Crippen LogP contribution in [-0.4, -0.2) is 63.0 Å². The molecule has 1 heterocycles. The minimum Gasteiger partial charge on any atom is -0.478 e. The molecule has 0 fully saturated rings. The maximum Gasteiger partial charge on any atom is 0.328 e. The van der Waals surface area contributed by atoms with Crippen LogP contribution in [-0.2, 0) is 25.6 Å². The van der Waals surface area contributed by atoms with Gasteiger partial charge in [0.15, 0.2) is 0 Å². The first-order valence-corrected chi connectivity index (χ1v) is 12.9. The molecule has 3 rings (SSSR count). The minimum absolute atomic E-state index is 0.432. The maximum atomic E-state index is 9.55. The first-order chi connectivity index (χ1) is 20.0. The smallest absolute Gasteiger partial charge is 0.328 e. The molecule has 2 aromatic carbocycles. The van der Waals surface area contributed by atoms with Crippen LogP contribution in [0.25, 0.3) is 0 Å². The Balaban J connectivity index is 0.000000454. The van der Waals surface area contributed by atoms with E-state index in [1.807, 2.05) is 41.8 Å². The second-order valence-corrected chi connectivity index (χ2v) is 8.94. The third-order valence-corrected chi connectivity index (χ3v) is 5.48. The lowest BCUT2D eigenvalue weighted by molar-refractivity contribution is -0.134. The number of carbonyl (C=O) groups is 4. The molecule has 0 saturated carbocycles. The number of aliphatic imine (C=N–C) groups is 1. The Morgan fingerprint density at radius 1 is 0.833 bits per heavy atom. The van der Waals surface area contributed by atoms with Crippen molar-refractivity contribution >= 4 is 58.8 Å². The fourth-order valence-electron chi connectivity index (χ4n) is 2.78. The van der Waals surface area contributed by atoms with Gasteiger partial charge in [-0.1, -0.05) is 30.3 Å². The Kier molecular flexibility index (Phi) is 16.0. The molecule has 42 heavy (non-hydrogen) atoms. The number of carboxylic acids is 4. The molecule has 3 aromatic rings. The summed E-state index contributed by atoms with van der Waals surface area (Å²) in [6.07, 6.45) is 4.91. The molecule has 13 heteroatoms. The van der Waals surface area contributed by atoms with Crippen molar-refractivity contribution in [2.45, 2.75) is 13.3 Å². The molecule has 0 radical (unpaired) electrons. The molecular weight excluding hydrogens is 564 g/mol. The van der Waals surface area contributed by atoms with Gasteiger partial charge in [-0.25, -0.2) is 24.2 Å². The average Bonchev–Trinajstić information content (AvgIpc) is 3.48.